The van der Waals surface area contributed by atoms with E-state index in [1.165, 1.54) is 35.6 Å². The number of H-pyrrole nitrogens is 1. The van der Waals surface area contributed by atoms with Crippen LogP contribution in [0, 0.1) is 0 Å². The maximum atomic E-state index is 12.1. The van der Waals surface area contributed by atoms with Crippen molar-refractivity contribution < 1.29 is 17.9 Å². The average Bonchev–Trinajstić information content (AvgIpc) is 3.09. The van der Waals surface area contributed by atoms with Crippen molar-refractivity contribution in [2.24, 2.45) is 0 Å². The first-order valence-corrected chi connectivity index (χ1v) is 6.58. The summed E-state index contributed by atoms with van der Waals surface area (Å²) in [6.45, 7) is 0. The van der Waals surface area contributed by atoms with Gasteiger partial charge in [-0.05, 0) is 24.3 Å². The lowest BCUT2D eigenvalue weighted by Crippen LogP contribution is -2.16. The largest absolute Gasteiger partial charge is 0.573 e. The minimum Gasteiger partial charge on any atom is -0.406 e. The first-order valence-electron chi connectivity index (χ1n) is 5.70. The van der Waals surface area contributed by atoms with Crippen LogP contribution in [0.2, 0.25) is 0 Å². The highest BCUT2D eigenvalue weighted by Gasteiger charge is 2.30. The quantitative estimate of drug-likeness (QED) is 0.804. The van der Waals surface area contributed by atoms with E-state index in [1.54, 1.807) is 11.6 Å². The highest BCUT2D eigenvalue weighted by atomic mass is 32.1. The van der Waals surface area contributed by atoms with Gasteiger partial charge in [0.15, 0.2) is 0 Å². The van der Waals surface area contributed by atoms with Crippen molar-refractivity contribution in [2.75, 3.05) is 0 Å². The molecule has 1 aromatic carbocycles. The number of hydrogen-bond acceptors (Lipinski definition) is 5. The summed E-state index contributed by atoms with van der Waals surface area (Å²) in [6.07, 6.45) is -3.08. The lowest BCUT2D eigenvalue weighted by molar-refractivity contribution is -0.274. The van der Waals surface area contributed by atoms with Gasteiger partial charge in [-0.2, -0.15) is 0 Å². The van der Waals surface area contributed by atoms with E-state index in [1.807, 2.05) is 0 Å². The maximum Gasteiger partial charge on any atom is 0.573 e. The molecule has 9 heteroatoms. The number of nitrogens with zero attached hydrogens (tertiary/aromatic N) is 3. The normalized spacial score (nSPS) is 11.6. The van der Waals surface area contributed by atoms with Crippen LogP contribution in [-0.2, 0) is 0 Å². The van der Waals surface area contributed by atoms with Crippen molar-refractivity contribution in [3.8, 4) is 27.7 Å². The third kappa shape index (κ3) is 3.19. The van der Waals surface area contributed by atoms with Crippen LogP contribution in [0.5, 0.6) is 5.75 Å². The molecule has 2 aromatic heterocycles. The van der Waals surface area contributed by atoms with Gasteiger partial charge in [0.05, 0.1) is 11.9 Å². The van der Waals surface area contributed by atoms with Gasteiger partial charge in [-0.15, -0.1) is 29.6 Å². The molecule has 0 fully saturated rings. The van der Waals surface area contributed by atoms with E-state index in [2.05, 4.69) is 25.1 Å². The molecule has 0 bridgehead atoms. The topological polar surface area (TPSA) is 63.7 Å². The van der Waals surface area contributed by atoms with Gasteiger partial charge in [-0.3, -0.25) is 5.10 Å². The predicted molar refractivity (Wildman–Crippen MR) is 69.6 cm³/mol. The monoisotopic (exact) mass is 312 g/mol. The molecule has 0 unspecified atom stereocenters. The Hall–Kier alpha value is -2.42. The molecule has 2 heterocycles. The molecule has 3 aromatic rings. The standard InChI is InChI=1S/C12H7F3N4OS/c13-12(14,15)20-8-3-1-7(2-4-8)10-6-21-11(17-10)9-5-16-19-18-9/h1-6H,(H,16,18,19). The van der Waals surface area contributed by atoms with E-state index in [4.69, 9.17) is 0 Å². The Labute approximate surface area is 120 Å². The van der Waals surface area contributed by atoms with E-state index in [-0.39, 0.29) is 5.75 Å². The van der Waals surface area contributed by atoms with E-state index in [0.29, 0.717) is 22.0 Å². The van der Waals surface area contributed by atoms with E-state index in [0.717, 1.165) is 0 Å². The number of aromatic amines is 1. The molecule has 0 saturated heterocycles. The fourth-order valence-corrected chi connectivity index (χ4v) is 2.44. The van der Waals surface area contributed by atoms with E-state index in [9.17, 15) is 13.2 Å². The molecule has 108 valence electrons. The van der Waals surface area contributed by atoms with E-state index < -0.39 is 6.36 Å². The molecular formula is C12H7F3N4OS. The van der Waals surface area contributed by atoms with E-state index >= 15 is 0 Å². The lowest BCUT2D eigenvalue weighted by Gasteiger charge is -2.08. The van der Waals surface area contributed by atoms with Gasteiger partial charge >= 0.3 is 6.36 Å². The second kappa shape index (κ2) is 5.17. The highest BCUT2D eigenvalue weighted by molar-refractivity contribution is 7.13. The summed E-state index contributed by atoms with van der Waals surface area (Å²) in [5.41, 5.74) is 1.95. The van der Waals surface area contributed by atoms with Crippen LogP contribution in [0.25, 0.3) is 22.0 Å². The van der Waals surface area contributed by atoms with Crippen LogP contribution in [0.15, 0.2) is 35.8 Å². The number of thiazole rings is 1. The molecule has 0 atom stereocenters. The summed E-state index contributed by atoms with van der Waals surface area (Å²) in [5, 5.41) is 12.5. The fourth-order valence-electron chi connectivity index (χ4n) is 1.66. The number of aromatic nitrogens is 4. The van der Waals surface area contributed by atoms with Crippen LogP contribution < -0.4 is 4.74 Å². The number of alkyl halides is 3. The van der Waals surface area contributed by atoms with Crippen LogP contribution in [0.1, 0.15) is 0 Å². The Morgan fingerprint density at radius 1 is 1.10 bits per heavy atom. The van der Waals surface area contributed by atoms with Gasteiger partial charge in [0.2, 0.25) is 0 Å². The SMILES string of the molecule is FC(F)(F)Oc1ccc(-c2csc(-c3c[nH]nn3)n2)cc1. The zero-order chi connectivity index (χ0) is 14.9. The number of halogens is 3. The first kappa shape index (κ1) is 13.6. The van der Waals surface area contributed by atoms with Crippen LogP contribution in [0.3, 0.4) is 0 Å². The Bertz CT molecular complexity index is 722. The maximum absolute atomic E-state index is 12.1. The van der Waals surface area contributed by atoms with Gasteiger partial charge in [0.25, 0.3) is 0 Å². The molecule has 0 saturated carbocycles. The molecule has 0 aliphatic heterocycles. The molecule has 0 spiro atoms. The molecule has 21 heavy (non-hydrogen) atoms. The van der Waals surface area contributed by atoms with Gasteiger partial charge in [0, 0.05) is 10.9 Å². The van der Waals surface area contributed by atoms with Crippen molar-refractivity contribution in [3.63, 3.8) is 0 Å². The number of rotatable bonds is 3. The summed E-state index contributed by atoms with van der Waals surface area (Å²) < 4.78 is 40.0. The van der Waals surface area contributed by atoms with Crippen LogP contribution in [-0.4, -0.2) is 26.8 Å². The van der Waals surface area contributed by atoms with Crippen molar-refractivity contribution in [3.05, 3.63) is 35.8 Å². The lowest BCUT2D eigenvalue weighted by atomic mass is 10.2. The Balaban J connectivity index is 1.81. The minimum absolute atomic E-state index is 0.266. The molecule has 3 rings (SSSR count). The molecule has 0 amide bonds. The zero-order valence-electron chi connectivity index (χ0n) is 10.3. The van der Waals surface area contributed by atoms with Gasteiger partial charge in [0.1, 0.15) is 16.5 Å². The molecule has 0 radical (unpaired) electrons. The third-order valence-electron chi connectivity index (χ3n) is 2.52. The van der Waals surface area contributed by atoms with Crippen molar-refractivity contribution in [2.45, 2.75) is 6.36 Å². The van der Waals surface area contributed by atoms with Gasteiger partial charge in [-0.25, -0.2) is 4.98 Å². The molecule has 5 nitrogen and oxygen atoms in total. The number of benzene rings is 1. The summed E-state index contributed by atoms with van der Waals surface area (Å²) in [6, 6.07) is 5.53. The van der Waals surface area contributed by atoms with Crippen molar-refractivity contribution in [1.29, 1.82) is 0 Å². The summed E-state index contributed by atoms with van der Waals surface area (Å²) >= 11 is 1.37. The highest BCUT2D eigenvalue weighted by Crippen LogP contribution is 2.29. The summed E-state index contributed by atoms with van der Waals surface area (Å²) in [4.78, 5) is 4.36. The fraction of sp³-hybridized carbons (Fsp3) is 0.0833. The second-order valence-electron chi connectivity index (χ2n) is 3.97. The summed E-state index contributed by atoms with van der Waals surface area (Å²) in [7, 11) is 0. The Morgan fingerprint density at radius 3 is 2.48 bits per heavy atom. The molecule has 1 N–H and O–H groups in total. The smallest absolute Gasteiger partial charge is 0.406 e. The first-order chi connectivity index (χ1) is 10.0. The third-order valence-corrected chi connectivity index (χ3v) is 3.39. The Kier molecular flexibility index (Phi) is 3.34. The zero-order valence-corrected chi connectivity index (χ0v) is 11.1. The average molecular weight is 312 g/mol. The van der Waals surface area contributed by atoms with Crippen molar-refractivity contribution >= 4 is 11.3 Å². The predicted octanol–water partition coefficient (Wildman–Crippen LogP) is 3.49. The molecule has 0 aliphatic carbocycles. The number of nitrogens with one attached hydrogen (secondary N) is 1. The van der Waals surface area contributed by atoms with Crippen molar-refractivity contribution in [1.82, 2.24) is 20.4 Å². The minimum atomic E-state index is -4.69. The van der Waals surface area contributed by atoms with Gasteiger partial charge in [-0.1, -0.05) is 5.21 Å². The second-order valence-corrected chi connectivity index (χ2v) is 4.83. The summed E-state index contributed by atoms with van der Waals surface area (Å²) in [5.74, 6) is -0.266. The Morgan fingerprint density at radius 2 is 1.86 bits per heavy atom. The number of hydrogen-bond donors (Lipinski definition) is 1. The van der Waals surface area contributed by atoms with Crippen LogP contribution >= 0.6 is 11.3 Å². The van der Waals surface area contributed by atoms with Gasteiger partial charge < -0.3 is 4.74 Å². The molecular weight excluding hydrogens is 305 g/mol. The number of ether oxygens (including phenoxy) is 1. The molecule has 0 aliphatic rings. The van der Waals surface area contributed by atoms with Crippen LogP contribution in [0.4, 0.5) is 13.2 Å².